The third-order valence-electron chi connectivity index (χ3n) is 3.78. The summed E-state index contributed by atoms with van der Waals surface area (Å²) in [4.78, 5) is 2.33. The number of aryl methyl sites for hydroxylation is 1. The van der Waals surface area contributed by atoms with E-state index in [1.807, 2.05) is 6.92 Å². The number of hydrogen-bond acceptors (Lipinski definition) is 3. The highest BCUT2D eigenvalue weighted by atomic mass is 16.3. The fraction of sp³-hybridized carbons (Fsp3) is 0.375. The van der Waals surface area contributed by atoms with Crippen LogP contribution in [0, 0.1) is 6.92 Å². The van der Waals surface area contributed by atoms with E-state index in [-0.39, 0.29) is 0 Å². The number of hydrogen-bond donors (Lipinski definition) is 1. The summed E-state index contributed by atoms with van der Waals surface area (Å²) < 4.78 is 5.35. The maximum atomic E-state index is 5.35. The molecule has 0 saturated heterocycles. The van der Waals surface area contributed by atoms with Crippen LogP contribution in [0.1, 0.15) is 22.5 Å². The number of anilines is 1. The molecule has 3 heteroatoms. The Labute approximate surface area is 114 Å². The highest BCUT2D eigenvalue weighted by molar-refractivity contribution is 5.61. The van der Waals surface area contributed by atoms with Crippen LogP contribution < -0.4 is 5.32 Å². The van der Waals surface area contributed by atoms with E-state index in [2.05, 4.69) is 41.5 Å². The Bertz CT molecular complexity index is 574. The molecule has 1 aliphatic heterocycles. The van der Waals surface area contributed by atoms with Crippen LogP contribution in [0.25, 0.3) is 0 Å². The summed E-state index contributed by atoms with van der Waals surface area (Å²) in [7, 11) is 2.15. The topological polar surface area (TPSA) is 28.4 Å². The molecular formula is C16H20N2O. The van der Waals surface area contributed by atoms with Gasteiger partial charge in [-0.1, -0.05) is 18.2 Å². The minimum Gasteiger partial charge on any atom is -0.469 e. The first kappa shape index (κ1) is 12.3. The fourth-order valence-corrected chi connectivity index (χ4v) is 2.76. The van der Waals surface area contributed by atoms with Gasteiger partial charge in [-0.2, -0.15) is 0 Å². The molecule has 3 rings (SSSR count). The van der Waals surface area contributed by atoms with Gasteiger partial charge in [0.2, 0.25) is 0 Å². The number of para-hydroxylation sites is 1. The van der Waals surface area contributed by atoms with E-state index < -0.39 is 0 Å². The molecule has 1 aromatic heterocycles. The molecule has 1 N–H and O–H groups in total. The van der Waals surface area contributed by atoms with Crippen LogP contribution in [0.5, 0.6) is 0 Å². The normalized spacial score (nSPS) is 13.6. The number of nitrogens with zero attached hydrogens (tertiary/aromatic N) is 1. The summed E-state index contributed by atoms with van der Waals surface area (Å²) in [5.74, 6) is 1.02. The van der Waals surface area contributed by atoms with Gasteiger partial charge in [-0.05, 0) is 37.6 Å². The van der Waals surface area contributed by atoms with Crippen molar-refractivity contribution in [2.24, 2.45) is 0 Å². The highest BCUT2D eigenvalue weighted by Crippen LogP contribution is 2.27. The van der Waals surface area contributed by atoms with E-state index in [1.165, 1.54) is 22.4 Å². The summed E-state index contributed by atoms with van der Waals surface area (Å²) in [5.41, 5.74) is 5.45. The summed E-state index contributed by atoms with van der Waals surface area (Å²) in [6, 6.07) is 8.66. The van der Waals surface area contributed by atoms with Crippen LogP contribution in [0.15, 0.2) is 34.9 Å². The minimum atomic E-state index is 0.923. The molecule has 0 spiro atoms. The van der Waals surface area contributed by atoms with Gasteiger partial charge in [0, 0.05) is 30.9 Å². The van der Waals surface area contributed by atoms with Gasteiger partial charge >= 0.3 is 0 Å². The lowest BCUT2D eigenvalue weighted by Gasteiger charge is -2.18. The molecule has 0 bridgehead atoms. The maximum Gasteiger partial charge on any atom is 0.105 e. The molecule has 0 amide bonds. The van der Waals surface area contributed by atoms with Crippen molar-refractivity contribution in [3.63, 3.8) is 0 Å². The first-order valence-corrected chi connectivity index (χ1v) is 6.80. The average Bonchev–Trinajstić information content (AvgIpc) is 3.00. The van der Waals surface area contributed by atoms with Crippen LogP contribution in [0.2, 0.25) is 0 Å². The predicted molar refractivity (Wildman–Crippen MR) is 77.3 cm³/mol. The molecule has 100 valence electrons. The lowest BCUT2D eigenvalue weighted by molar-refractivity contribution is 0.317. The van der Waals surface area contributed by atoms with Crippen molar-refractivity contribution in [3.8, 4) is 0 Å². The quantitative estimate of drug-likeness (QED) is 0.910. The van der Waals surface area contributed by atoms with Crippen LogP contribution >= 0.6 is 0 Å². The Balaban J connectivity index is 1.72. The smallest absolute Gasteiger partial charge is 0.105 e. The van der Waals surface area contributed by atoms with Crippen molar-refractivity contribution in [2.45, 2.75) is 26.4 Å². The number of rotatable bonds is 4. The SMILES string of the molecule is Cc1occc1CN(C)Cc1cccc2c1NCC2. The fourth-order valence-electron chi connectivity index (χ4n) is 2.76. The van der Waals surface area contributed by atoms with E-state index in [4.69, 9.17) is 4.42 Å². The Morgan fingerprint density at radius 1 is 1.21 bits per heavy atom. The third kappa shape index (κ3) is 2.51. The largest absolute Gasteiger partial charge is 0.469 e. The average molecular weight is 256 g/mol. The van der Waals surface area contributed by atoms with Crippen LogP contribution in [0.3, 0.4) is 0 Å². The first-order chi connectivity index (χ1) is 9.24. The van der Waals surface area contributed by atoms with Gasteiger partial charge in [0.15, 0.2) is 0 Å². The second kappa shape index (κ2) is 5.10. The predicted octanol–water partition coefficient (Wildman–Crippen LogP) is 3.19. The van der Waals surface area contributed by atoms with Crippen LogP contribution in [-0.4, -0.2) is 18.5 Å². The molecule has 2 heterocycles. The van der Waals surface area contributed by atoms with Gasteiger partial charge in [0.05, 0.1) is 6.26 Å². The van der Waals surface area contributed by atoms with E-state index in [9.17, 15) is 0 Å². The van der Waals surface area contributed by atoms with Gasteiger partial charge in [0.1, 0.15) is 5.76 Å². The van der Waals surface area contributed by atoms with Gasteiger partial charge in [0.25, 0.3) is 0 Å². The zero-order chi connectivity index (χ0) is 13.2. The van der Waals surface area contributed by atoms with Crippen LogP contribution in [-0.2, 0) is 19.5 Å². The maximum absolute atomic E-state index is 5.35. The van der Waals surface area contributed by atoms with E-state index in [0.29, 0.717) is 0 Å². The van der Waals surface area contributed by atoms with Crippen molar-refractivity contribution in [1.82, 2.24) is 4.90 Å². The second-order valence-corrected chi connectivity index (χ2v) is 5.30. The van der Waals surface area contributed by atoms with Gasteiger partial charge < -0.3 is 9.73 Å². The standard InChI is InChI=1S/C16H20N2O/c1-12-14(7-9-19-12)10-18(2)11-15-5-3-4-13-6-8-17-16(13)15/h3-5,7,9,17H,6,8,10-11H2,1-2H3. The minimum absolute atomic E-state index is 0.923. The van der Waals surface area contributed by atoms with Crippen molar-refractivity contribution in [3.05, 3.63) is 53.0 Å². The molecule has 0 atom stereocenters. The van der Waals surface area contributed by atoms with Crippen molar-refractivity contribution in [2.75, 3.05) is 18.9 Å². The zero-order valence-electron chi connectivity index (χ0n) is 11.6. The Kier molecular flexibility index (Phi) is 3.30. The monoisotopic (exact) mass is 256 g/mol. The lowest BCUT2D eigenvalue weighted by atomic mass is 10.1. The molecule has 2 aromatic rings. The summed E-state index contributed by atoms with van der Waals surface area (Å²) >= 11 is 0. The summed E-state index contributed by atoms with van der Waals surface area (Å²) in [6.45, 7) is 4.97. The Hall–Kier alpha value is -1.74. The zero-order valence-corrected chi connectivity index (χ0v) is 11.6. The van der Waals surface area contributed by atoms with E-state index in [0.717, 1.165) is 31.8 Å². The second-order valence-electron chi connectivity index (χ2n) is 5.30. The third-order valence-corrected chi connectivity index (χ3v) is 3.78. The lowest BCUT2D eigenvalue weighted by Crippen LogP contribution is -2.18. The summed E-state index contributed by atoms with van der Waals surface area (Å²) in [5, 5.41) is 3.50. The van der Waals surface area contributed by atoms with E-state index >= 15 is 0 Å². The van der Waals surface area contributed by atoms with Gasteiger partial charge in [-0.25, -0.2) is 0 Å². The van der Waals surface area contributed by atoms with Gasteiger partial charge in [-0.3, -0.25) is 4.90 Å². The molecule has 0 unspecified atom stereocenters. The van der Waals surface area contributed by atoms with Crippen molar-refractivity contribution in [1.29, 1.82) is 0 Å². The van der Waals surface area contributed by atoms with Crippen molar-refractivity contribution >= 4 is 5.69 Å². The molecule has 3 nitrogen and oxygen atoms in total. The molecule has 19 heavy (non-hydrogen) atoms. The van der Waals surface area contributed by atoms with Gasteiger partial charge in [-0.15, -0.1) is 0 Å². The summed E-state index contributed by atoms with van der Waals surface area (Å²) in [6.07, 6.45) is 2.91. The molecule has 0 saturated carbocycles. The van der Waals surface area contributed by atoms with E-state index in [1.54, 1.807) is 6.26 Å². The van der Waals surface area contributed by atoms with Crippen molar-refractivity contribution < 1.29 is 4.42 Å². The van der Waals surface area contributed by atoms with Crippen LogP contribution in [0.4, 0.5) is 5.69 Å². The molecule has 0 aliphatic carbocycles. The highest BCUT2D eigenvalue weighted by Gasteiger charge is 2.15. The Morgan fingerprint density at radius 2 is 2.05 bits per heavy atom. The number of furan rings is 1. The molecule has 0 radical (unpaired) electrons. The molecule has 1 aliphatic rings. The number of nitrogens with one attached hydrogen (secondary N) is 1. The number of benzene rings is 1. The number of fused-ring (bicyclic) bond motifs is 1. The molecule has 0 fully saturated rings. The first-order valence-electron chi connectivity index (χ1n) is 6.80. The molecule has 1 aromatic carbocycles. The molecular weight excluding hydrogens is 236 g/mol. The Morgan fingerprint density at radius 3 is 2.84 bits per heavy atom.